The number of aldehydes is 1. The molecule has 4 aromatic rings. The van der Waals surface area contributed by atoms with Crippen molar-refractivity contribution in [2.45, 2.75) is 6.92 Å². The van der Waals surface area contributed by atoms with Crippen molar-refractivity contribution in [3.63, 3.8) is 0 Å². The minimum atomic E-state index is -0.340. The second-order valence-corrected chi connectivity index (χ2v) is 6.70. The highest BCUT2D eigenvalue weighted by atomic mass is 35.5. The van der Waals surface area contributed by atoms with Gasteiger partial charge in [0.1, 0.15) is 11.5 Å². The molecule has 28 heavy (non-hydrogen) atoms. The molecular formula is C22H16ClNO4. The number of ether oxygens (including phenoxy) is 1. The third-order valence-corrected chi connectivity index (χ3v) is 5.03. The lowest BCUT2D eigenvalue weighted by molar-refractivity contribution is 0.0936. The second kappa shape index (κ2) is 7.02. The van der Waals surface area contributed by atoms with Crippen molar-refractivity contribution in [1.82, 2.24) is 4.57 Å². The van der Waals surface area contributed by atoms with Crippen molar-refractivity contribution in [3.8, 4) is 17.1 Å². The zero-order valence-corrected chi connectivity index (χ0v) is 16.0. The van der Waals surface area contributed by atoms with Crippen molar-refractivity contribution in [2.75, 3.05) is 7.11 Å². The average molecular weight is 394 g/mol. The van der Waals surface area contributed by atoms with Crippen molar-refractivity contribution < 1.29 is 18.7 Å². The van der Waals surface area contributed by atoms with Crippen LogP contribution in [-0.2, 0) is 0 Å². The summed E-state index contributed by atoms with van der Waals surface area (Å²) < 4.78 is 12.5. The molecular weight excluding hydrogens is 378 g/mol. The summed E-state index contributed by atoms with van der Waals surface area (Å²) in [5.41, 5.74) is 2.47. The lowest BCUT2D eigenvalue weighted by Gasteiger charge is -2.06. The number of hydrogen-bond acceptors (Lipinski definition) is 4. The van der Waals surface area contributed by atoms with Crippen LogP contribution in [0.25, 0.3) is 22.2 Å². The number of furan rings is 1. The molecule has 0 atom stereocenters. The second-order valence-electron chi connectivity index (χ2n) is 6.29. The number of aromatic nitrogens is 1. The molecule has 140 valence electrons. The Labute approximate surface area is 166 Å². The van der Waals surface area contributed by atoms with Gasteiger partial charge in [-0.15, -0.1) is 0 Å². The largest absolute Gasteiger partial charge is 0.495 e. The minimum Gasteiger partial charge on any atom is -0.495 e. The summed E-state index contributed by atoms with van der Waals surface area (Å²) in [6.45, 7) is 1.74. The third-order valence-electron chi connectivity index (χ3n) is 4.73. The zero-order chi connectivity index (χ0) is 19.8. The third kappa shape index (κ3) is 2.80. The lowest BCUT2D eigenvalue weighted by Crippen LogP contribution is -2.12. The normalized spacial score (nSPS) is 11.0. The Hall–Kier alpha value is -3.31. The highest BCUT2D eigenvalue weighted by molar-refractivity contribution is 6.32. The van der Waals surface area contributed by atoms with Crippen LogP contribution in [0, 0.1) is 6.92 Å². The highest BCUT2D eigenvalue weighted by Gasteiger charge is 2.22. The topological polar surface area (TPSA) is 61.4 Å². The van der Waals surface area contributed by atoms with Gasteiger partial charge in [-0.3, -0.25) is 14.2 Å². The number of para-hydroxylation sites is 1. The Morgan fingerprint density at radius 2 is 1.93 bits per heavy atom. The van der Waals surface area contributed by atoms with Crippen molar-refractivity contribution >= 4 is 34.7 Å². The number of methoxy groups -OCH3 is 1. The van der Waals surface area contributed by atoms with Crippen molar-refractivity contribution in [2.24, 2.45) is 0 Å². The zero-order valence-electron chi connectivity index (χ0n) is 15.2. The Bertz CT molecular complexity index is 1220. The molecule has 2 aromatic heterocycles. The Morgan fingerprint density at radius 3 is 2.64 bits per heavy atom. The molecule has 0 unspecified atom stereocenters. The van der Waals surface area contributed by atoms with Gasteiger partial charge in [-0.05, 0) is 43.3 Å². The van der Waals surface area contributed by atoms with Crippen LogP contribution in [-0.4, -0.2) is 23.9 Å². The number of rotatable bonds is 4. The number of hydrogen-bond donors (Lipinski definition) is 0. The smallest absolute Gasteiger partial charge is 0.298 e. The molecule has 0 spiro atoms. The monoisotopic (exact) mass is 393 g/mol. The minimum absolute atomic E-state index is 0.170. The molecule has 0 aliphatic rings. The van der Waals surface area contributed by atoms with Gasteiger partial charge in [-0.2, -0.15) is 0 Å². The molecule has 0 aliphatic heterocycles. The van der Waals surface area contributed by atoms with Crippen LogP contribution >= 0.6 is 11.6 Å². The van der Waals surface area contributed by atoms with Gasteiger partial charge in [0.05, 0.1) is 17.6 Å². The summed E-state index contributed by atoms with van der Waals surface area (Å²) in [5, 5.41) is 1.18. The van der Waals surface area contributed by atoms with Gasteiger partial charge in [0.15, 0.2) is 12.0 Å². The van der Waals surface area contributed by atoms with Gasteiger partial charge in [-0.25, -0.2) is 0 Å². The van der Waals surface area contributed by atoms with Crippen LogP contribution in [0.3, 0.4) is 0 Å². The van der Waals surface area contributed by atoms with Crippen LogP contribution < -0.4 is 4.74 Å². The SMILES string of the molecule is COc1ccc(-c2ccc(C(=O)n3c(C)c(C=O)c4ccccc43)o2)cc1Cl. The van der Waals surface area contributed by atoms with E-state index in [0.29, 0.717) is 33.3 Å². The number of benzene rings is 2. The maximum Gasteiger partial charge on any atom is 0.298 e. The number of halogens is 1. The fourth-order valence-corrected chi connectivity index (χ4v) is 3.60. The average Bonchev–Trinajstić information content (AvgIpc) is 3.30. The molecule has 0 N–H and O–H groups in total. The molecule has 2 heterocycles. The van der Waals surface area contributed by atoms with E-state index in [-0.39, 0.29) is 11.7 Å². The Morgan fingerprint density at radius 1 is 1.14 bits per heavy atom. The summed E-state index contributed by atoms with van der Waals surface area (Å²) in [6.07, 6.45) is 0.772. The number of carbonyl (C=O) groups is 2. The summed E-state index contributed by atoms with van der Waals surface area (Å²) in [4.78, 5) is 24.6. The highest BCUT2D eigenvalue weighted by Crippen LogP contribution is 2.32. The first-order chi connectivity index (χ1) is 13.5. The van der Waals surface area contributed by atoms with E-state index in [1.54, 1.807) is 50.4 Å². The van der Waals surface area contributed by atoms with Crippen LogP contribution in [0.4, 0.5) is 0 Å². The van der Waals surface area contributed by atoms with E-state index in [1.165, 1.54) is 4.57 Å². The Balaban J connectivity index is 1.77. The summed E-state index contributed by atoms with van der Waals surface area (Å²) >= 11 is 6.18. The van der Waals surface area contributed by atoms with E-state index in [9.17, 15) is 9.59 Å². The number of nitrogens with zero attached hydrogens (tertiary/aromatic N) is 1. The van der Waals surface area contributed by atoms with E-state index in [2.05, 4.69) is 0 Å². The molecule has 0 amide bonds. The molecule has 4 rings (SSSR count). The van der Waals surface area contributed by atoms with E-state index in [0.717, 1.165) is 17.2 Å². The molecule has 0 fully saturated rings. The maximum atomic E-state index is 13.1. The van der Waals surface area contributed by atoms with Crippen LogP contribution in [0.2, 0.25) is 5.02 Å². The van der Waals surface area contributed by atoms with E-state index < -0.39 is 0 Å². The van der Waals surface area contributed by atoms with Crippen LogP contribution in [0.1, 0.15) is 26.6 Å². The summed E-state index contributed by atoms with van der Waals surface area (Å²) in [6, 6.07) is 15.9. The first-order valence-electron chi connectivity index (χ1n) is 8.58. The molecule has 0 saturated heterocycles. The van der Waals surface area contributed by atoms with Crippen molar-refractivity contribution in [1.29, 1.82) is 0 Å². The van der Waals surface area contributed by atoms with Gasteiger partial charge in [-0.1, -0.05) is 29.8 Å². The first kappa shape index (κ1) is 18.1. The van der Waals surface area contributed by atoms with Gasteiger partial charge >= 0.3 is 0 Å². The van der Waals surface area contributed by atoms with Gasteiger partial charge in [0.2, 0.25) is 0 Å². The lowest BCUT2D eigenvalue weighted by atomic mass is 10.1. The Kier molecular flexibility index (Phi) is 4.53. The van der Waals surface area contributed by atoms with Crippen LogP contribution in [0.15, 0.2) is 59.0 Å². The molecule has 0 aliphatic carbocycles. The standard InChI is InChI=1S/C22H16ClNO4/c1-13-16(12-25)15-5-3-4-6-18(15)24(13)22(26)21-10-9-19(28-21)14-7-8-20(27-2)17(23)11-14/h3-12H,1-2H3. The fourth-order valence-electron chi connectivity index (χ4n) is 3.34. The summed E-state index contributed by atoms with van der Waals surface area (Å²) in [7, 11) is 1.54. The predicted octanol–water partition coefficient (Wildman–Crippen LogP) is 5.37. The first-order valence-corrected chi connectivity index (χ1v) is 8.96. The van der Waals surface area contributed by atoms with Crippen LogP contribution in [0.5, 0.6) is 5.75 Å². The molecule has 0 saturated carbocycles. The molecule has 6 heteroatoms. The predicted molar refractivity (Wildman–Crippen MR) is 107 cm³/mol. The molecule has 5 nitrogen and oxygen atoms in total. The van der Waals surface area contributed by atoms with Gasteiger partial charge in [0, 0.05) is 22.2 Å². The molecule has 2 aromatic carbocycles. The quantitative estimate of drug-likeness (QED) is 0.437. The van der Waals surface area contributed by atoms with E-state index >= 15 is 0 Å². The molecule has 0 radical (unpaired) electrons. The summed E-state index contributed by atoms with van der Waals surface area (Å²) in [5.74, 6) is 0.901. The van der Waals surface area contributed by atoms with Gasteiger partial charge < -0.3 is 9.15 Å². The molecule has 0 bridgehead atoms. The fraction of sp³-hybridized carbons (Fsp3) is 0.0909. The number of fused-ring (bicyclic) bond motifs is 1. The maximum absolute atomic E-state index is 13.1. The number of carbonyl (C=O) groups excluding carboxylic acids is 2. The van der Waals surface area contributed by atoms with Crippen molar-refractivity contribution in [3.05, 3.63) is 76.6 Å². The van der Waals surface area contributed by atoms with E-state index in [1.807, 2.05) is 18.2 Å². The van der Waals surface area contributed by atoms with E-state index in [4.69, 9.17) is 20.8 Å². The van der Waals surface area contributed by atoms with Gasteiger partial charge in [0.25, 0.3) is 5.91 Å².